The molecule has 2 heteroatoms. The van der Waals surface area contributed by atoms with Crippen molar-refractivity contribution < 1.29 is 4.74 Å². The second-order valence-corrected chi connectivity index (χ2v) is 5.34. The topological polar surface area (TPSA) is 21.3 Å². The Morgan fingerprint density at radius 2 is 2.22 bits per heavy atom. The highest BCUT2D eigenvalue weighted by Gasteiger charge is 2.23. The molecule has 100 valence electrons. The molecule has 0 aromatic heterocycles. The highest BCUT2D eigenvalue weighted by atomic mass is 16.5. The van der Waals surface area contributed by atoms with Crippen LogP contribution in [0.15, 0.2) is 24.3 Å². The second-order valence-electron chi connectivity index (χ2n) is 5.34. The van der Waals surface area contributed by atoms with E-state index in [1.807, 2.05) is 0 Å². The average molecular weight is 247 g/mol. The lowest BCUT2D eigenvalue weighted by Gasteiger charge is -2.17. The van der Waals surface area contributed by atoms with E-state index in [0.717, 1.165) is 19.1 Å². The maximum absolute atomic E-state index is 5.25. The van der Waals surface area contributed by atoms with Gasteiger partial charge in [-0.25, -0.2) is 0 Å². The minimum atomic E-state index is 0.476. The van der Waals surface area contributed by atoms with Gasteiger partial charge in [-0.3, -0.25) is 0 Å². The lowest BCUT2D eigenvalue weighted by Crippen LogP contribution is -2.32. The molecule has 0 bridgehead atoms. The molecule has 0 radical (unpaired) electrons. The number of nitrogens with one attached hydrogen (secondary N) is 1. The SMILES string of the molecule is CCCC(COC)NCc1cccc(C2CC2)c1. The fourth-order valence-corrected chi connectivity index (χ4v) is 2.43. The van der Waals surface area contributed by atoms with E-state index in [1.54, 1.807) is 7.11 Å². The van der Waals surface area contributed by atoms with Gasteiger partial charge in [-0.1, -0.05) is 37.6 Å². The van der Waals surface area contributed by atoms with Crippen molar-refractivity contribution in [3.63, 3.8) is 0 Å². The molecular weight excluding hydrogens is 222 g/mol. The van der Waals surface area contributed by atoms with Gasteiger partial charge in [0.15, 0.2) is 0 Å². The molecule has 0 aliphatic heterocycles. The molecule has 0 heterocycles. The first-order chi connectivity index (χ1) is 8.83. The Morgan fingerprint density at radius 3 is 2.89 bits per heavy atom. The van der Waals surface area contributed by atoms with E-state index >= 15 is 0 Å². The number of benzene rings is 1. The van der Waals surface area contributed by atoms with Gasteiger partial charge in [0.25, 0.3) is 0 Å². The Kier molecular flexibility index (Phi) is 5.21. The third kappa shape index (κ3) is 4.11. The van der Waals surface area contributed by atoms with Crippen molar-refractivity contribution >= 4 is 0 Å². The Bertz CT molecular complexity index is 354. The van der Waals surface area contributed by atoms with Gasteiger partial charge >= 0.3 is 0 Å². The number of ether oxygens (including phenoxy) is 1. The smallest absolute Gasteiger partial charge is 0.0615 e. The van der Waals surface area contributed by atoms with Gasteiger partial charge in [0.05, 0.1) is 6.61 Å². The largest absolute Gasteiger partial charge is 0.383 e. The molecule has 1 N–H and O–H groups in total. The molecule has 2 rings (SSSR count). The summed E-state index contributed by atoms with van der Waals surface area (Å²) in [6.45, 7) is 3.97. The van der Waals surface area contributed by atoms with Crippen LogP contribution < -0.4 is 5.32 Å². The molecule has 1 saturated carbocycles. The van der Waals surface area contributed by atoms with Crippen LogP contribution in [-0.2, 0) is 11.3 Å². The zero-order valence-corrected chi connectivity index (χ0v) is 11.6. The van der Waals surface area contributed by atoms with Gasteiger partial charge in [0.2, 0.25) is 0 Å². The standard InChI is InChI=1S/C16H25NO/c1-3-5-16(12-18-2)17-11-13-6-4-7-15(10-13)14-8-9-14/h4,6-7,10,14,16-17H,3,5,8-9,11-12H2,1-2H3. The molecule has 1 aliphatic rings. The molecule has 1 fully saturated rings. The molecule has 1 aliphatic carbocycles. The summed E-state index contributed by atoms with van der Waals surface area (Å²) < 4.78 is 5.25. The predicted octanol–water partition coefficient (Wildman–Crippen LogP) is 3.47. The van der Waals surface area contributed by atoms with E-state index < -0.39 is 0 Å². The molecule has 0 amide bonds. The maximum Gasteiger partial charge on any atom is 0.0615 e. The molecule has 0 saturated heterocycles. The first-order valence-corrected chi connectivity index (χ1v) is 7.14. The summed E-state index contributed by atoms with van der Waals surface area (Å²) in [5, 5.41) is 3.60. The Labute approximate surface area is 111 Å². The van der Waals surface area contributed by atoms with Gasteiger partial charge in [-0.15, -0.1) is 0 Å². The predicted molar refractivity (Wildman–Crippen MR) is 75.8 cm³/mol. The van der Waals surface area contributed by atoms with E-state index in [1.165, 1.54) is 36.8 Å². The summed E-state index contributed by atoms with van der Waals surface area (Å²) in [6.07, 6.45) is 5.12. The van der Waals surface area contributed by atoms with Crippen LogP contribution in [0.1, 0.15) is 49.7 Å². The van der Waals surface area contributed by atoms with Crippen LogP contribution >= 0.6 is 0 Å². The number of hydrogen-bond donors (Lipinski definition) is 1. The van der Waals surface area contributed by atoms with Gasteiger partial charge in [-0.05, 0) is 36.3 Å². The minimum Gasteiger partial charge on any atom is -0.383 e. The van der Waals surface area contributed by atoms with Crippen LogP contribution in [0, 0.1) is 0 Å². The van der Waals surface area contributed by atoms with E-state index in [-0.39, 0.29) is 0 Å². The van der Waals surface area contributed by atoms with E-state index in [2.05, 4.69) is 36.5 Å². The minimum absolute atomic E-state index is 0.476. The zero-order valence-electron chi connectivity index (χ0n) is 11.6. The summed E-state index contributed by atoms with van der Waals surface area (Å²) in [5.41, 5.74) is 2.92. The summed E-state index contributed by atoms with van der Waals surface area (Å²) in [5.74, 6) is 0.843. The molecule has 1 atom stereocenters. The van der Waals surface area contributed by atoms with Crippen molar-refractivity contribution in [3.05, 3.63) is 35.4 Å². The second kappa shape index (κ2) is 6.91. The number of rotatable bonds is 8. The molecule has 1 aromatic carbocycles. The third-order valence-corrected chi connectivity index (χ3v) is 3.60. The molecule has 0 spiro atoms. The van der Waals surface area contributed by atoms with Gasteiger partial charge < -0.3 is 10.1 Å². The van der Waals surface area contributed by atoms with Crippen molar-refractivity contribution in [2.24, 2.45) is 0 Å². The van der Waals surface area contributed by atoms with Gasteiger partial charge in [-0.2, -0.15) is 0 Å². The molecule has 1 unspecified atom stereocenters. The monoisotopic (exact) mass is 247 g/mol. The van der Waals surface area contributed by atoms with E-state index in [9.17, 15) is 0 Å². The van der Waals surface area contributed by atoms with Crippen LogP contribution in [0.4, 0.5) is 0 Å². The normalized spacial score (nSPS) is 16.8. The lowest BCUT2D eigenvalue weighted by atomic mass is 10.1. The molecule has 18 heavy (non-hydrogen) atoms. The van der Waals surface area contributed by atoms with Crippen LogP contribution in [-0.4, -0.2) is 19.8 Å². The van der Waals surface area contributed by atoms with Crippen LogP contribution in [0.25, 0.3) is 0 Å². The zero-order chi connectivity index (χ0) is 12.8. The molecule has 1 aromatic rings. The number of hydrogen-bond acceptors (Lipinski definition) is 2. The van der Waals surface area contributed by atoms with Crippen molar-refractivity contribution in [1.82, 2.24) is 5.32 Å². The summed E-state index contributed by atoms with van der Waals surface area (Å²) in [6, 6.07) is 9.51. The quantitative estimate of drug-likeness (QED) is 0.759. The highest BCUT2D eigenvalue weighted by Crippen LogP contribution is 2.40. The Morgan fingerprint density at radius 1 is 1.39 bits per heavy atom. The maximum atomic E-state index is 5.25. The Balaban J connectivity index is 1.85. The van der Waals surface area contributed by atoms with E-state index in [0.29, 0.717) is 6.04 Å². The summed E-state index contributed by atoms with van der Waals surface area (Å²) >= 11 is 0. The van der Waals surface area contributed by atoms with Crippen molar-refractivity contribution in [1.29, 1.82) is 0 Å². The Hall–Kier alpha value is -0.860. The molecule has 2 nitrogen and oxygen atoms in total. The van der Waals surface area contributed by atoms with Crippen LogP contribution in [0.5, 0.6) is 0 Å². The first-order valence-electron chi connectivity index (χ1n) is 7.14. The van der Waals surface area contributed by atoms with Crippen molar-refractivity contribution in [2.45, 2.75) is 51.1 Å². The van der Waals surface area contributed by atoms with Gasteiger partial charge in [0.1, 0.15) is 0 Å². The number of methoxy groups -OCH3 is 1. The fourth-order valence-electron chi connectivity index (χ4n) is 2.43. The van der Waals surface area contributed by atoms with Crippen LogP contribution in [0.2, 0.25) is 0 Å². The lowest BCUT2D eigenvalue weighted by molar-refractivity contribution is 0.161. The van der Waals surface area contributed by atoms with Crippen molar-refractivity contribution in [2.75, 3.05) is 13.7 Å². The first kappa shape index (κ1) is 13.6. The fraction of sp³-hybridized carbons (Fsp3) is 0.625. The highest BCUT2D eigenvalue weighted by molar-refractivity contribution is 5.29. The van der Waals surface area contributed by atoms with Crippen LogP contribution in [0.3, 0.4) is 0 Å². The summed E-state index contributed by atoms with van der Waals surface area (Å²) in [4.78, 5) is 0. The van der Waals surface area contributed by atoms with Gasteiger partial charge in [0, 0.05) is 19.7 Å². The van der Waals surface area contributed by atoms with E-state index in [4.69, 9.17) is 4.74 Å². The molecular formula is C16H25NO. The van der Waals surface area contributed by atoms with Crippen molar-refractivity contribution in [3.8, 4) is 0 Å². The summed E-state index contributed by atoms with van der Waals surface area (Å²) in [7, 11) is 1.78. The third-order valence-electron chi connectivity index (χ3n) is 3.60. The average Bonchev–Trinajstić information content (AvgIpc) is 3.21.